The van der Waals surface area contributed by atoms with Crippen molar-refractivity contribution in [1.29, 1.82) is 0 Å². The predicted molar refractivity (Wildman–Crippen MR) is 154 cm³/mol. The molecule has 2 unspecified atom stereocenters. The van der Waals surface area contributed by atoms with Crippen LogP contribution in [0.3, 0.4) is 0 Å². The van der Waals surface area contributed by atoms with Crippen LogP contribution in [-0.4, -0.2) is 40.5 Å². The van der Waals surface area contributed by atoms with Crippen molar-refractivity contribution in [3.05, 3.63) is 138 Å². The molecule has 1 fully saturated rings. The molecule has 39 heavy (non-hydrogen) atoms. The molecule has 7 heteroatoms. The average Bonchev–Trinajstić information content (AvgIpc) is 3.16. The highest BCUT2D eigenvalue weighted by molar-refractivity contribution is 7.99. The maximum Gasteiger partial charge on any atom is 0.355 e. The fourth-order valence-corrected chi connectivity index (χ4v) is 6.44. The fourth-order valence-electron chi connectivity index (χ4n) is 5.38. The van der Waals surface area contributed by atoms with Crippen molar-refractivity contribution >= 4 is 29.3 Å². The molecule has 1 aliphatic carbocycles. The number of hydrogen-bond donors (Lipinski definition) is 2. The smallest absolute Gasteiger partial charge is 0.355 e. The second-order valence-corrected chi connectivity index (χ2v) is 10.7. The number of benzene rings is 3. The van der Waals surface area contributed by atoms with Crippen LogP contribution in [0.15, 0.2) is 126 Å². The maximum absolute atomic E-state index is 14.9. The minimum absolute atomic E-state index is 0.0350. The Labute approximate surface area is 231 Å². The molecule has 3 aliphatic rings. The van der Waals surface area contributed by atoms with Crippen molar-refractivity contribution < 1.29 is 18.5 Å². The zero-order chi connectivity index (χ0) is 26.8. The SMILES string of the molecule is O=C(Nc1ccc(C(=O)[N+]23CCSCC2=CNC=C2C3=CC=CC2F)cc1)c1ccccc1-c1ccccc1. The minimum Gasteiger partial charge on any atom is -0.362 e. The Morgan fingerprint density at radius 1 is 0.949 bits per heavy atom. The number of rotatable bonds is 4. The van der Waals surface area contributed by atoms with Crippen molar-refractivity contribution in [1.82, 2.24) is 5.32 Å². The van der Waals surface area contributed by atoms with Crippen molar-refractivity contribution in [2.75, 3.05) is 23.4 Å². The molecule has 6 rings (SSSR count). The van der Waals surface area contributed by atoms with Crippen LogP contribution in [0.4, 0.5) is 10.1 Å². The number of carbonyl (C=O) groups is 2. The van der Waals surface area contributed by atoms with Gasteiger partial charge in [-0.1, -0.05) is 54.6 Å². The van der Waals surface area contributed by atoms with E-state index in [1.54, 1.807) is 54.4 Å². The summed E-state index contributed by atoms with van der Waals surface area (Å²) in [6.45, 7) is 0.537. The van der Waals surface area contributed by atoms with E-state index in [2.05, 4.69) is 10.6 Å². The van der Waals surface area contributed by atoms with E-state index >= 15 is 0 Å². The van der Waals surface area contributed by atoms with Gasteiger partial charge >= 0.3 is 5.91 Å². The summed E-state index contributed by atoms with van der Waals surface area (Å²) in [7, 11) is 0. The van der Waals surface area contributed by atoms with Gasteiger partial charge in [0.15, 0.2) is 11.9 Å². The number of alkyl halides is 1. The van der Waals surface area contributed by atoms with Crippen LogP contribution >= 0.6 is 11.8 Å². The summed E-state index contributed by atoms with van der Waals surface area (Å²) < 4.78 is 14.9. The molecule has 2 amide bonds. The lowest BCUT2D eigenvalue weighted by Crippen LogP contribution is -2.55. The molecule has 0 spiro atoms. The van der Waals surface area contributed by atoms with E-state index in [4.69, 9.17) is 0 Å². The standard InChI is InChI=1S/C32H26FN3O2S/c33-29-11-6-12-30-28(29)20-34-19-25-21-39-18-17-36(25,30)32(38)23-13-15-24(16-14-23)35-31(37)27-10-5-4-9-26(27)22-7-2-1-3-8-22/h1-16,19-20,29,34H,17-18,21H2/p+1. The van der Waals surface area contributed by atoms with Crippen LogP contribution in [0, 0.1) is 0 Å². The first-order valence-corrected chi connectivity index (χ1v) is 14.0. The number of fused-ring (bicyclic) bond motifs is 3. The first kappa shape index (κ1) is 25.1. The molecule has 2 atom stereocenters. The number of nitrogens with zero attached hydrogens (tertiary/aromatic N) is 1. The quantitative estimate of drug-likeness (QED) is 0.378. The van der Waals surface area contributed by atoms with Gasteiger partial charge in [0, 0.05) is 29.3 Å². The molecule has 0 saturated carbocycles. The van der Waals surface area contributed by atoms with E-state index in [0.717, 1.165) is 22.6 Å². The van der Waals surface area contributed by atoms with Crippen LogP contribution in [0.5, 0.6) is 0 Å². The van der Waals surface area contributed by atoms with Gasteiger partial charge in [0.2, 0.25) is 0 Å². The highest BCUT2D eigenvalue weighted by Gasteiger charge is 2.50. The predicted octanol–water partition coefficient (Wildman–Crippen LogP) is 6.43. The van der Waals surface area contributed by atoms with Gasteiger partial charge in [-0.05, 0) is 47.5 Å². The molecule has 0 bridgehead atoms. The van der Waals surface area contributed by atoms with Crippen LogP contribution in [-0.2, 0) is 0 Å². The number of thioether (sulfide) groups is 1. The van der Waals surface area contributed by atoms with E-state index in [9.17, 15) is 14.0 Å². The van der Waals surface area contributed by atoms with Gasteiger partial charge in [0.1, 0.15) is 12.2 Å². The van der Waals surface area contributed by atoms with Crippen LogP contribution in [0.25, 0.3) is 11.1 Å². The highest BCUT2D eigenvalue weighted by atomic mass is 32.2. The Bertz CT molecular complexity index is 1560. The summed E-state index contributed by atoms with van der Waals surface area (Å²) in [5.41, 5.74) is 5.51. The lowest BCUT2D eigenvalue weighted by molar-refractivity contribution is -0.766. The minimum atomic E-state index is -1.28. The first-order chi connectivity index (χ1) is 19.1. The van der Waals surface area contributed by atoms with E-state index in [-0.39, 0.29) is 16.3 Å². The van der Waals surface area contributed by atoms with Crippen molar-refractivity contribution in [2.45, 2.75) is 6.17 Å². The van der Waals surface area contributed by atoms with Gasteiger partial charge in [-0.2, -0.15) is 4.48 Å². The lowest BCUT2D eigenvalue weighted by atomic mass is 9.97. The number of quaternary nitrogens is 1. The van der Waals surface area contributed by atoms with Gasteiger partial charge < -0.3 is 10.6 Å². The van der Waals surface area contributed by atoms with Gasteiger partial charge in [0.25, 0.3) is 5.91 Å². The number of amides is 2. The fraction of sp³-hybridized carbons (Fsp3) is 0.125. The summed E-state index contributed by atoms with van der Waals surface area (Å²) in [6, 6.07) is 24.2. The van der Waals surface area contributed by atoms with Gasteiger partial charge in [-0.3, -0.25) is 4.79 Å². The molecule has 2 N–H and O–H groups in total. The van der Waals surface area contributed by atoms with Crippen molar-refractivity contribution in [2.24, 2.45) is 0 Å². The third-order valence-electron chi connectivity index (χ3n) is 7.33. The number of allylic oxidation sites excluding steroid dienone is 4. The van der Waals surface area contributed by atoms with Gasteiger partial charge in [-0.25, -0.2) is 9.18 Å². The average molecular weight is 537 g/mol. The Morgan fingerprint density at radius 2 is 1.72 bits per heavy atom. The summed E-state index contributed by atoms with van der Waals surface area (Å²) in [4.78, 5) is 27.5. The molecule has 3 aromatic rings. The highest BCUT2D eigenvalue weighted by Crippen LogP contribution is 2.42. The van der Waals surface area contributed by atoms with Gasteiger partial charge in [-0.15, -0.1) is 11.8 Å². The van der Waals surface area contributed by atoms with E-state index in [0.29, 0.717) is 40.4 Å². The van der Waals surface area contributed by atoms with Gasteiger partial charge in [0.05, 0.1) is 23.1 Å². The third kappa shape index (κ3) is 4.54. The first-order valence-electron chi connectivity index (χ1n) is 12.8. The van der Waals surface area contributed by atoms with E-state index in [1.807, 2.05) is 60.8 Å². The second kappa shape index (κ2) is 10.5. The Morgan fingerprint density at radius 3 is 2.54 bits per heavy atom. The summed E-state index contributed by atoms with van der Waals surface area (Å²) >= 11 is 1.76. The number of carbonyl (C=O) groups excluding carboxylic acids is 2. The maximum atomic E-state index is 14.9. The molecular formula is C32H27FN3O2S+. The number of halogens is 1. The number of nitrogens with one attached hydrogen (secondary N) is 2. The van der Waals surface area contributed by atoms with Crippen LogP contribution < -0.4 is 10.6 Å². The summed E-state index contributed by atoms with van der Waals surface area (Å²) in [6.07, 6.45) is 7.27. The lowest BCUT2D eigenvalue weighted by Gasteiger charge is -2.41. The number of anilines is 1. The Balaban J connectivity index is 1.29. The van der Waals surface area contributed by atoms with E-state index in [1.165, 1.54) is 6.08 Å². The molecule has 1 saturated heterocycles. The zero-order valence-corrected chi connectivity index (χ0v) is 22.0. The molecule has 2 aliphatic heterocycles. The monoisotopic (exact) mass is 536 g/mol. The van der Waals surface area contributed by atoms with Crippen molar-refractivity contribution in [3.8, 4) is 11.1 Å². The zero-order valence-electron chi connectivity index (χ0n) is 21.1. The molecular weight excluding hydrogens is 509 g/mol. The molecule has 5 nitrogen and oxygen atoms in total. The Hall–Kier alpha value is -4.20. The topological polar surface area (TPSA) is 58.2 Å². The molecule has 3 aromatic carbocycles. The molecule has 194 valence electrons. The van der Waals surface area contributed by atoms with Crippen LogP contribution in [0.2, 0.25) is 0 Å². The summed E-state index contributed by atoms with van der Waals surface area (Å²) in [5, 5.41) is 6.07. The third-order valence-corrected chi connectivity index (χ3v) is 8.30. The summed E-state index contributed by atoms with van der Waals surface area (Å²) in [5.74, 6) is 1.11. The Kier molecular flexibility index (Phi) is 6.77. The van der Waals surface area contributed by atoms with Crippen LogP contribution in [0.1, 0.15) is 20.7 Å². The molecule has 2 heterocycles. The largest absolute Gasteiger partial charge is 0.362 e. The number of hydrogen-bond acceptors (Lipinski definition) is 4. The van der Waals surface area contributed by atoms with E-state index < -0.39 is 6.17 Å². The molecule has 0 aromatic heterocycles. The second-order valence-electron chi connectivity index (χ2n) is 9.57. The molecule has 0 radical (unpaired) electrons. The van der Waals surface area contributed by atoms with Crippen molar-refractivity contribution in [3.63, 3.8) is 0 Å². The normalized spacial score (nSPS) is 21.7.